The largest absolute Gasteiger partial charge is 0.422 e. The molecule has 0 fully saturated rings. The number of nitrogens with one attached hydrogen (secondary N) is 1. The summed E-state index contributed by atoms with van der Waals surface area (Å²) in [6.07, 6.45) is 0. The Kier molecular flexibility index (Phi) is 5.16. The van der Waals surface area contributed by atoms with Gasteiger partial charge in [0, 0.05) is 21.7 Å². The quantitative estimate of drug-likeness (QED) is 0.299. The van der Waals surface area contributed by atoms with E-state index in [1.54, 1.807) is 23.6 Å². The van der Waals surface area contributed by atoms with Gasteiger partial charge in [0.1, 0.15) is 5.58 Å². The summed E-state index contributed by atoms with van der Waals surface area (Å²) in [6.45, 7) is 0. The van der Waals surface area contributed by atoms with Crippen LogP contribution in [0.15, 0.2) is 106 Å². The second-order valence-corrected chi connectivity index (χ2v) is 8.77. The van der Waals surface area contributed by atoms with Crippen LogP contribution < -0.4 is 10.9 Å². The van der Waals surface area contributed by atoms with Gasteiger partial charge < -0.3 is 4.42 Å². The van der Waals surface area contributed by atoms with Gasteiger partial charge >= 0.3 is 5.63 Å². The van der Waals surface area contributed by atoms with Gasteiger partial charge in [-0.15, -0.1) is 11.3 Å². The average molecular weight is 476 g/mol. The normalized spacial score (nSPS) is 11.1. The summed E-state index contributed by atoms with van der Waals surface area (Å²) < 4.78 is 5.43. The third-order valence-electron chi connectivity index (χ3n) is 5.67. The molecule has 0 radical (unpaired) electrons. The number of benzene rings is 3. The number of anilines is 1. The molecule has 35 heavy (non-hydrogen) atoms. The lowest BCUT2D eigenvalue weighted by Crippen LogP contribution is -2.13. The highest BCUT2D eigenvalue weighted by Gasteiger charge is 2.17. The first-order valence-electron chi connectivity index (χ1n) is 10.9. The van der Waals surface area contributed by atoms with Crippen molar-refractivity contribution in [2.45, 2.75) is 0 Å². The van der Waals surface area contributed by atoms with E-state index >= 15 is 0 Å². The van der Waals surface area contributed by atoms with Crippen LogP contribution in [0.4, 0.5) is 5.13 Å². The van der Waals surface area contributed by atoms with E-state index in [1.807, 2.05) is 72.8 Å². The minimum Gasteiger partial charge on any atom is -0.422 e. The van der Waals surface area contributed by atoms with Gasteiger partial charge in [0.15, 0.2) is 5.13 Å². The Hall–Kier alpha value is -4.62. The Morgan fingerprint density at radius 1 is 0.829 bits per heavy atom. The molecule has 6 rings (SSSR count). The molecule has 0 aliphatic rings. The number of thiazole rings is 1. The molecule has 3 aromatic heterocycles. The van der Waals surface area contributed by atoms with Crippen LogP contribution in [0.2, 0.25) is 0 Å². The number of nitrogens with zero attached hydrogens (tertiary/aromatic N) is 2. The first-order chi connectivity index (χ1) is 17.2. The zero-order valence-corrected chi connectivity index (χ0v) is 19.1. The van der Waals surface area contributed by atoms with Crippen LogP contribution in [0.25, 0.3) is 44.4 Å². The van der Waals surface area contributed by atoms with E-state index in [0.29, 0.717) is 33.2 Å². The lowest BCUT2D eigenvalue weighted by Gasteiger charge is -2.09. The molecule has 3 aromatic carbocycles. The Morgan fingerprint density at radius 3 is 2.49 bits per heavy atom. The maximum Gasteiger partial charge on any atom is 0.345 e. The molecule has 0 aliphatic carbocycles. The predicted molar refractivity (Wildman–Crippen MR) is 139 cm³/mol. The predicted octanol–water partition coefficient (Wildman–Crippen LogP) is 6.38. The number of para-hydroxylation sites is 2. The van der Waals surface area contributed by atoms with Crippen LogP contribution in [-0.2, 0) is 0 Å². The van der Waals surface area contributed by atoms with E-state index in [2.05, 4.69) is 10.3 Å². The van der Waals surface area contributed by atoms with Crippen molar-refractivity contribution < 1.29 is 9.21 Å². The smallest absolute Gasteiger partial charge is 0.345 e. The van der Waals surface area contributed by atoms with Crippen molar-refractivity contribution in [1.82, 2.24) is 9.97 Å². The van der Waals surface area contributed by atoms with Crippen molar-refractivity contribution in [1.29, 1.82) is 0 Å². The van der Waals surface area contributed by atoms with Gasteiger partial charge in [-0.3, -0.25) is 10.1 Å². The topological polar surface area (TPSA) is 85.1 Å². The van der Waals surface area contributed by atoms with Crippen LogP contribution in [0.3, 0.4) is 0 Å². The first-order valence-corrected chi connectivity index (χ1v) is 11.8. The summed E-state index contributed by atoms with van der Waals surface area (Å²) in [4.78, 5) is 35.1. The Labute approximate surface area is 203 Å². The van der Waals surface area contributed by atoms with Crippen LogP contribution in [-0.4, -0.2) is 15.9 Å². The van der Waals surface area contributed by atoms with E-state index in [1.165, 1.54) is 11.3 Å². The summed E-state index contributed by atoms with van der Waals surface area (Å²) in [6, 6.07) is 28.1. The Balaban J connectivity index is 1.35. The molecule has 0 spiro atoms. The van der Waals surface area contributed by atoms with Crippen molar-refractivity contribution in [3.05, 3.63) is 112 Å². The van der Waals surface area contributed by atoms with E-state index in [4.69, 9.17) is 9.40 Å². The molecule has 6 aromatic rings. The van der Waals surface area contributed by atoms with E-state index in [-0.39, 0.29) is 5.91 Å². The summed E-state index contributed by atoms with van der Waals surface area (Å²) >= 11 is 1.25. The zero-order valence-electron chi connectivity index (χ0n) is 18.3. The number of carbonyl (C=O) groups excluding carboxylic acids is 1. The Morgan fingerprint density at radius 2 is 1.60 bits per heavy atom. The number of hydrogen-bond donors (Lipinski definition) is 1. The molecule has 0 saturated carbocycles. The lowest BCUT2D eigenvalue weighted by atomic mass is 10.0. The molecule has 0 atom stereocenters. The summed E-state index contributed by atoms with van der Waals surface area (Å²) in [7, 11) is 0. The number of pyridine rings is 1. The highest BCUT2D eigenvalue weighted by atomic mass is 32.1. The van der Waals surface area contributed by atoms with Crippen LogP contribution >= 0.6 is 11.3 Å². The number of rotatable bonds is 4. The SMILES string of the molecule is O=C(Nc1nc(-c2cc3ccccc3oc2=O)cs1)c1cc(-c2ccccc2)nc2ccccc12. The van der Waals surface area contributed by atoms with Crippen molar-refractivity contribution in [3.63, 3.8) is 0 Å². The summed E-state index contributed by atoms with van der Waals surface area (Å²) in [5.41, 5.74) is 3.71. The monoisotopic (exact) mass is 475 g/mol. The third-order valence-corrected chi connectivity index (χ3v) is 6.43. The minimum absolute atomic E-state index is 0.299. The van der Waals surface area contributed by atoms with Crippen molar-refractivity contribution in [3.8, 4) is 22.5 Å². The lowest BCUT2D eigenvalue weighted by molar-refractivity contribution is 0.102. The van der Waals surface area contributed by atoms with Crippen molar-refractivity contribution in [2.24, 2.45) is 0 Å². The molecule has 3 heterocycles. The average Bonchev–Trinajstić information content (AvgIpc) is 3.36. The highest BCUT2D eigenvalue weighted by molar-refractivity contribution is 7.14. The molecule has 0 aliphatic heterocycles. The molecule has 6 nitrogen and oxygen atoms in total. The fourth-order valence-electron chi connectivity index (χ4n) is 3.98. The highest BCUT2D eigenvalue weighted by Crippen LogP contribution is 2.28. The van der Waals surface area contributed by atoms with Crippen LogP contribution in [0.1, 0.15) is 10.4 Å². The molecule has 0 bridgehead atoms. The standard InChI is InChI=1S/C28H17N3O3S/c32-26(20-15-23(17-8-2-1-3-9-17)29-22-12-6-5-11-19(20)22)31-28-30-24(16-35-28)21-14-18-10-4-7-13-25(18)34-27(21)33/h1-16H,(H,30,31,32). The number of fused-ring (bicyclic) bond motifs is 2. The van der Waals surface area contributed by atoms with Crippen molar-refractivity contribution >= 4 is 44.2 Å². The van der Waals surface area contributed by atoms with Gasteiger partial charge in [-0.05, 0) is 24.3 Å². The number of aromatic nitrogens is 2. The second kappa shape index (κ2) is 8.62. The fourth-order valence-corrected chi connectivity index (χ4v) is 4.69. The number of amides is 1. The van der Waals surface area contributed by atoms with Crippen molar-refractivity contribution in [2.75, 3.05) is 5.32 Å². The van der Waals surface area contributed by atoms with Crippen LogP contribution in [0.5, 0.6) is 0 Å². The van der Waals surface area contributed by atoms with E-state index in [9.17, 15) is 9.59 Å². The molecule has 0 saturated heterocycles. The second-order valence-electron chi connectivity index (χ2n) is 7.92. The minimum atomic E-state index is -0.473. The maximum absolute atomic E-state index is 13.3. The van der Waals surface area contributed by atoms with Gasteiger partial charge in [0.05, 0.1) is 28.0 Å². The molecule has 0 unspecified atom stereocenters. The summed E-state index contributed by atoms with van der Waals surface area (Å²) in [5, 5.41) is 6.56. The van der Waals surface area contributed by atoms with E-state index < -0.39 is 5.63 Å². The molecule has 168 valence electrons. The van der Waals surface area contributed by atoms with Gasteiger partial charge in [-0.2, -0.15) is 0 Å². The molecule has 1 amide bonds. The third kappa shape index (κ3) is 3.98. The zero-order chi connectivity index (χ0) is 23.8. The summed E-state index contributed by atoms with van der Waals surface area (Å²) in [5.74, 6) is -0.299. The van der Waals surface area contributed by atoms with E-state index in [0.717, 1.165) is 21.9 Å². The Bertz CT molecular complexity index is 1770. The van der Waals surface area contributed by atoms with Gasteiger partial charge in [0.25, 0.3) is 5.91 Å². The van der Waals surface area contributed by atoms with Gasteiger partial charge in [-0.25, -0.2) is 14.8 Å². The maximum atomic E-state index is 13.3. The van der Waals surface area contributed by atoms with Crippen LogP contribution in [0, 0.1) is 0 Å². The number of hydrogen-bond acceptors (Lipinski definition) is 6. The van der Waals surface area contributed by atoms with Gasteiger partial charge in [0.2, 0.25) is 0 Å². The molecular formula is C28H17N3O3S. The molecule has 7 heteroatoms. The first kappa shape index (κ1) is 20.9. The molecule has 1 N–H and O–H groups in total. The van der Waals surface area contributed by atoms with Gasteiger partial charge in [-0.1, -0.05) is 66.7 Å². The number of carbonyl (C=O) groups is 1. The molecular weight excluding hydrogens is 458 g/mol. The fraction of sp³-hybridized carbons (Fsp3) is 0.